The zero-order valence-electron chi connectivity index (χ0n) is 8.85. The average molecular weight is 170 g/mol. The van der Waals surface area contributed by atoms with Gasteiger partial charge in [0.2, 0.25) is 0 Å². The second-order valence-electron chi connectivity index (χ2n) is 4.71. The Kier molecular flexibility index (Phi) is 3.13. The number of likely N-dealkylation sites (N-methyl/N-ethyl adjacent to an activating group) is 1. The van der Waals surface area contributed by atoms with Crippen LogP contribution in [0.1, 0.15) is 27.7 Å². The molecule has 1 unspecified atom stereocenters. The summed E-state index contributed by atoms with van der Waals surface area (Å²) >= 11 is 0. The molecule has 0 bridgehead atoms. The standard InChI is InChI=1S/C10H22N2/c1-5-12-8-10(3,4)7-11-6-9(12)2/h9,11H,5-8H2,1-4H3. The van der Waals surface area contributed by atoms with Crippen molar-refractivity contribution in [2.45, 2.75) is 33.7 Å². The van der Waals surface area contributed by atoms with Crippen LogP contribution in [0.3, 0.4) is 0 Å². The summed E-state index contributed by atoms with van der Waals surface area (Å²) in [6, 6.07) is 0.691. The van der Waals surface area contributed by atoms with Crippen LogP contribution in [0, 0.1) is 5.41 Å². The van der Waals surface area contributed by atoms with Crippen LogP contribution in [-0.4, -0.2) is 37.1 Å². The molecule has 1 N–H and O–H groups in total. The molecule has 1 heterocycles. The molecule has 0 aromatic carbocycles. The largest absolute Gasteiger partial charge is 0.315 e. The highest BCUT2D eigenvalue weighted by molar-refractivity contribution is 4.83. The van der Waals surface area contributed by atoms with Crippen LogP contribution in [0.5, 0.6) is 0 Å². The molecule has 1 saturated heterocycles. The molecule has 0 aromatic rings. The summed E-state index contributed by atoms with van der Waals surface area (Å²) < 4.78 is 0. The normalized spacial score (nSPS) is 31.5. The third-order valence-corrected chi connectivity index (χ3v) is 2.70. The Labute approximate surface area is 76.3 Å². The Morgan fingerprint density at radius 2 is 2.17 bits per heavy atom. The highest BCUT2D eigenvalue weighted by Crippen LogP contribution is 2.19. The van der Waals surface area contributed by atoms with Crippen LogP contribution in [0.15, 0.2) is 0 Å². The molecule has 1 aliphatic rings. The van der Waals surface area contributed by atoms with Crippen LogP contribution in [0.4, 0.5) is 0 Å². The van der Waals surface area contributed by atoms with Gasteiger partial charge in [0.25, 0.3) is 0 Å². The lowest BCUT2D eigenvalue weighted by molar-refractivity contribution is 0.174. The summed E-state index contributed by atoms with van der Waals surface area (Å²) in [6.07, 6.45) is 0. The van der Waals surface area contributed by atoms with E-state index < -0.39 is 0 Å². The SMILES string of the molecule is CCN1CC(C)(C)CNCC1C. The lowest BCUT2D eigenvalue weighted by Gasteiger charge is -2.31. The van der Waals surface area contributed by atoms with E-state index in [1.807, 2.05) is 0 Å². The zero-order valence-corrected chi connectivity index (χ0v) is 8.85. The number of hydrogen-bond acceptors (Lipinski definition) is 2. The monoisotopic (exact) mass is 170 g/mol. The van der Waals surface area contributed by atoms with Crippen molar-refractivity contribution in [2.24, 2.45) is 5.41 Å². The van der Waals surface area contributed by atoms with Gasteiger partial charge in [0.1, 0.15) is 0 Å². The van der Waals surface area contributed by atoms with E-state index in [0.717, 1.165) is 13.1 Å². The molecule has 2 nitrogen and oxygen atoms in total. The van der Waals surface area contributed by atoms with E-state index in [9.17, 15) is 0 Å². The van der Waals surface area contributed by atoms with E-state index in [1.165, 1.54) is 13.1 Å². The molecule has 2 heteroatoms. The summed E-state index contributed by atoms with van der Waals surface area (Å²) in [7, 11) is 0. The van der Waals surface area contributed by atoms with Crippen molar-refractivity contribution in [1.82, 2.24) is 10.2 Å². The lowest BCUT2D eigenvalue weighted by Crippen LogP contribution is -2.39. The van der Waals surface area contributed by atoms with Crippen LogP contribution in [0.25, 0.3) is 0 Å². The van der Waals surface area contributed by atoms with Gasteiger partial charge in [-0.2, -0.15) is 0 Å². The first-order valence-corrected chi connectivity index (χ1v) is 5.00. The molecule has 0 radical (unpaired) electrons. The minimum absolute atomic E-state index is 0.431. The summed E-state index contributed by atoms with van der Waals surface area (Å²) in [5.74, 6) is 0. The van der Waals surface area contributed by atoms with Crippen LogP contribution >= 0.6 is 0 Å². The minimum Gasteiger partial charge on any atom is -0.315 e. The van der Waals surface area contributed by atoms with Crippen molar-refractivity contribution in [3.05, 3.63) is 0 Å². The van der Waals surface area contributed by atoms with Gasteiger partial charge < -0.3 is 5.32 Å². The van der Waals surface area contributed by atoms with Gasteiger partial charge in [-0.3, -0.25) is 4.90 Å². The molecular formula is C10H22N2. The Bertz CT molecular complexity index is 143. The lowest BCUT2D eigenvalue weighted by atomic mass is 9.93. The van der Waals surface area contributed by atoms with Gasteiger partial charge in [0.15, 0.2) is 0 Å². The van der Waals surface area contributed by atoms with Gasteiger partial charge in [0, 0.05) is 25.7 Å². The van der Waals surface area contributed by atoms with Gasteiger partial charge in [-0.15, -0.1) is 0 Å². The third-order valence-electron chi connectivity index (χ3n) is 2.70. The van der Waals surface area contributed by atoms with Crippen molar-refractivity contribution < 1.29 is 0 Å². The molecule has 0 amide bonds. The Morgan fingerprint density at radius 1 is 1.50 bits per heavy atom. The topological polar surface area (TPSA) is 15.3 Å². The minimum atomic E-state index is 0.431. The highest BCUT2D eigenvalue weighted by Gasteiger charge is 2.26. The molecule has 0 spiro atoms. The molecule has 0 saturated carbocycles. The van der Waals surface area contributed by atoms with E-state index in [1.54, 1.807) is 0 Å². The Morgan fingerprint density at radius 3 is 2.75 bits per heavy atom. The second kappa shape index (κ2) is 3.75. The predicted octanol–water partition coefficient (Wildman–Crippen LogP) is 1.33. The first-order valence-electron chi connectivity index (χ1n) is 5.00. The van der Waals surface area contributed by atoms with Crippen molar-refractivity contribution >= 4 is 0 Å². The molecule has 0 aliphatic carbocycles. The summed E-state index contributed by atoms with van der Waals surface area (Å²) in [4.78, 5) is 2.56. The molecule has 1 aliphatic heterocycles. The van der Waals surface area contributed by atoms with Crippen molar-refractivity contribution in [1.29, 1.82) is 0 Å². The first kappa shape index (κ1) is 10.0. The molecule has 1 rings (SSSR count). The quantitative estimate of drug-likeness (QED) is 0.638. The summed E-state index contributed by atoms with van der Waals surface area (Å²) in [6.45, 7) is 13.9. The average Bonchev–Trinajstić information content (AvgIpc) is 2.10. The predicted molar refractivity (Wildman–Crippen MR) is 53.4 cm³/mol. The van der Waals surface area contributed by atoms with Crippen LogP contribution in [0.2, 0.25) is 0 Å². The summed E-state index contributed by atoms with van der Waals surface area (Å²) in [5, 5.41) is 3.51. The third kappa shape index (κ3) is 2.46. The van der Waals surface area contributed by atoms with E-state index in [-0.39, 0.29) is 0 Å². The van der Waals surface area contributed by atoms with Crippen LogP contribution < -0.4 is 5.32 Å². The van der Waals surface area contributed by atoms with Gasteiger partial charge >= 0.3 is 0 Å². The molecular weight excluding hydrogens is 148 g/mol. The fourth-order valence-corrected chi connectivity index (χ4v) is 1.93. The van der Waals surface area contributed by atoms with Crippen molar-refractivity contribution in [2.75, 3.05) is 26.2 Å². The smallest absolute Gasteiger partial charge is 0.0192 e. The molecule has 72 valence electrons. The Hall–Kier alpha value is -0.0800. The number of hydrogen-bond donors (Lipinski definition) is 1. The molecule has 12 heavy (non-hydrogen) atoms. The Balaban J connectivity index is 2.59. The molecule has 0 aromatic heterocycles. The van der Waals surface area contributed by atoms with Crippen molar-refractivity contribution in [3.8, 4) is 0 Å². The van der Waals surface area contributed by atoms with E-state index >= 15 is 0 Å². The van der Waals surface area contributed by atoms with Crippen LogP contribution in [-0.2, 0) is 0 Å². The molecule has 1 atom stereocenters. The second-order valence-corrected chi connectivity index (χ2v) is 4.71. The van der Waals surface area contributed by atoms with E-state index in [0.29, 0.717) is 11.5 Å². The maximum atomic E-state index is 3.51. The number of nitrogens with one attached hydrogen (secondary N) is 1. The van der Waals surface area contributed by atoms with Gasteiger partial charge in [-0.05, 0) is 18.9 Å². The number of nitrogens with zero attached hydrogens (tertiary/aromatic N) is 1. The molecule has 1 fully saturated rings. The zero-order chi connectivity index (χ0) is 9.19. The maximum absolute atomic E-state index is 3.51. The van der Waals surface area contributed by atoms with Gasteiger partial charge in [-0.25, -0.2) is 0 Å². The summed E-state index contributed by atoms with van der Waals surface area (Å²) in [5.41, 5.74) is 0.431. The fraction of sp³-hybridized carbons (Fsp3) is 1.00. The first-order chi connectivity index (χ1) is 5.55. The highest BCUT2D eigenvalue weighted by atomic mass is 15.2. The van der Waals surface area contributed by atoms with Gasteiger partial charge in [0.05, 0.1) is 0 Å². The maximum Gasteiger partial charge on any atom is 0.0192 e. The number of rotatable bonds is 1. The fourth-order valence-electron chi connectivity index (χ4n) is 1.93. The van der Waals surface area contributed by atoms with Gasteiger partial charge in [-0.1, -0.05) is 20.8 Å². The van der Waals surface area contributed by atoms with E-state index in [4.69, 9.17) is 0 Å². The van der Waals surface area contributed by atoms with Crippen molar-refractivity contribution in [3.63, 3.8) is 0 Å². The van der Waals surface area contributed by atoms with E-state index in [2.05, 4.69) is 37.9 Å².